The quantitative estimate of drug-likeness (QED) is 0.154. The summed E-state index contributed by atoms with van der Waals surface area (Å²) >= 11 is 0. The van der Waals surface area contributed by atoms with E-state index >= 15 is 0 Å². The number of aryl methyl sites for hydroxylation is 1. The Morgan fingerprint density at radius 1 is 1.12 bits per heavy atom. The zero-order valence-electron chi connectivity index (χ0n) is 30.2. The second kappa shape index (κ2) is 16.4. The van der Waals surface area contributed by atoms with Crippen molar-refractivity contribution in [3.8, 4) is 17.4 Å². The lowest BCUT2D eigenvalue weighted by Gasteiger charge is -2.28. The number of carbonyl (C=O) groups is 4. The number of likely N-dealkylation sites (tertiary alicyclic amines) is 1. The third kappa shape index (κ3) is 10.2. The van der Waals surface area contributed by atoms with Crippen LogP contribution in [0.4, 0.5) is 4.79 Å². The molecule has 1 aliphatic carbocycles. The number of nitrogens with two attached hydrogens (primary N) is 1. The predicted molar refractivity (Wildman–Crippen MR) is 187 cm³/mol. The maximum Gasteiger partial charge on any atom is 0.408 e. The Labute approximate surface area is 293 Å². The molecule has 4 N–H and O–H groups in total. The molecule has 1 aromatic heterocycles. The van der Waals surface area contributed by atoms with Gasteiger partial charge in [-0.25, -0.2) is 9.78 Å². The number of aliphatic carboxylic acids is 1. The van der Waals surface area contributed by atoms with Crippen LogP contribution < -0.4 is 25.3 Å². The number of primary amides is 1. The lowest BCUT2D eigenvalue weighted by atomic mass is 10.0. The number of ether oxygens (including phenoxy) is 4. The van der Waals surface area contributed by atoms with Crippen molar-refractivity contribution < 1.29 is 43.2 Å². The molecule has 274 valence electrons. The molecule has 1 saturated carbocycles. The number of unbranched alkanes of at least 4 members (excludes halogenated alkanes) is 3. The highest BCUT2D eigenvalue weighted by Crippen LogP contribution is 2.40. The average Bonchev–Trinajstić information content (AvgIpc) is 3.68. The Kier molecular flexibility index (Phi) is 12.6. The Balaban J connectivity index is 1.48. The SMILES string of the molecule is COc1ccc2c(O[C@@H]3CC(C(N)=O)N(C(=O)[C@H](CCCCC/C=C\C4CC4C(=O)O)NC(=O)OC(C)(C)C)C3)cc(OC(C)C)nc2c1C. The zero-order valence-corrected chi connectivity index (χ0v) is 30.2. The number of carbonyl (C=O) groups excluding carboxylic acids is 3. The molecule has 13 heteroatoms. The Morgan fingerprint density at radius 3 is 2.48 bits per heavy atom. The highest BCUT2D eigenvalue weighted by atomic mass is 16.6. The molecule has 2 aromatic rings. The van der Waals surface area contributed by atoms with Crippen LogP contribution in [0.3, 0.4) is 0 Å². The van der Waals surface area contributed by atoms with E-state index in [-0.39, 0.29) is 30.9 Å². The largest absolute Gasteiger partial charge is 0.496 e. The van der Waals surface area contributed by atoms with Crippen LogP contribution in [0.15, 0.2) is 30.4 Å². The number of hydrogen-bond acceptors (Lipinski definition) is 9. The number of methoxy groups -OCH3 is 1. The molecule has 2 aliphatic rings. The monoisotopic (exact) mass is 696 g/mol. The van der Waals surface area contributed by atoms with E-state index in [0.717, 1.165) is 30.2 Å². The van der Waals surface area contributed by atoms with E-state index in [1.54, 1.807) is 33.9 Å². The van der Waals surface area contributed by atoms with Crippen LogP contribution in [0.5, 0.6) is 17.4 Å². The molecule has 1 aromatic carbocycles. The van der Waals surface area contributed by atoms with Crippen molar-refractivity contribution in [2.24, 2.45) is 17.6 Å². The van der Waals surface area contributed by atoms with Crippen LogP contribution in [0.1, 0.15) is 85.1 Å². The number of rotatable bonds is 16. The van der Waals surface area contributed by atoms with E-state index in [0.29, 0.717) is 42.2 Å². The molecular weight excluding hydrogens is 644 g/mol. The molecular formula is C37H52N4O9. The van der Waals surface area contributed by atoms with Crippen molar-refractivity contribution >= 4 is 34.8 Å². The standard InChI is InChI=1S/C37H52N4O9/c1-21(2)48-31-19-30(25-15-16-29(47-7)22(3)32(25)40-31)49-24-18-28(33(38)42)41(20-24)34(43)27(39-36(46)50-37(4,5)6)14-12-10-8-9-11-13-23-17-26(23)35(44)45/h11,13,15-16,19,21,23-24,26-28H,8-10,12,14,17-18,20H2,1-7H3,(H2,38,42)(H,39,46)(H,44,45)/b13-11-/t23?,24-,26?,27+,28?/m1/s1. The third-order valence-corrected chi connectivity index (χ3v) is 8.76. The summed E-state index contributed by atoms with van der Waals surface area (Å²) in [5, 5.41) is 12.5. The number of allylic oxidation sites excluding steroid dienone is 2. The average molecular weight is 697 g/mol. The lowest BCUT2D eigenvalue weighted by Crippen LogP contribution is -2.53. The second-order valence-electron chi connectivity index (χ2n) is 14.4. The number of aromatic nitrogens is 1. The first-order valence-electron chi connectivity index (χ1n) is 17.4. The first kappa shape index (κ1) is 38.3. The third-order valence-electron chi connectivity index (χ3n) is 8.76. The normalized spacial score (nSPS) is 20.9. The van der Waals surface area contributed by atoms with Gasteiger partial charge >= 0.3 is 12.1 Å². The number of nitrogens with zero attached hydrogens (tertiary/aromatic N) is 2. The van der Waals surface area contributed by atoms with Gasteiger partial charge in [0.05, 0.1) is 31.2 Å². The van der Waals surface area contributed by atoms with E-state index < -0.39 is 47.7 Å². The number of amides is 3. The van der Waals surface area contributed by atoms with Crippen molar-refractivity contribution in [3.63, 3.8) is 0 Å². The zero-order chi connectivity index (χ0) is 36.7. The van der Waals surface area contributed by atoms with Crippen molar-refractivity contribution in [2.45, 2.75) is 116 Å². The van der Waals surface area contributed by atoms with Gasteiger partial charge < -0.3 is 40.0 Å². The van der Waals surface area contributed by atoms with Gasteiger partial charge in [0.15, 0.2) is 0 Å². The summed E-state index contributed by atoms with van der Waals surface area (Å²) in [6.07, 6.45) is 6.72. The minimum atomic E-state index is -0.952. The summed E-state index contributed by atoms with van der Waals surface area (Å²) < 4.78 is 23.4. The number of hydrogen-bond donors (Lipinski definition) is 3. The molecule has 4 rings (SSSR count). The van der Waals surface area contributed by atoms with Gasteiger partial charge in [-0.1, -0.05) is 25.0 Å². The molecule has 0 spiro atoms. The summed E-state index contributed by atoms with van der Waals surface area (Å²) in [6.45, 7) is 11.0. The minimum Gasteiger partial charge on any atom is -0.496 e. The van der Waals surface area contributed by atoms with Gasteiger partial charge in [0.25, 0.3) is 0 Å². The number of nitrogens with one attached hydrogen (secondary N) is 1. The van der Waals surface area contributed by atoms with Crippen LogP contribution in [0.25, 0.3) is 10.9 Å². The van der Waals surface area contributed by atoms with Crippen LogP contribution in [0.2, 0.25) is 0 Å². The second-order valence-corrected chi connectivity index (χ2v) is 14.4. The number of fused-ring (bicyclic) bond motifs is 1. The molecule has 3 unspecified atom stereocenters. The lowest BCUT2D eigenvalue weighted by molar-refractivity contribution is -0.139. The van der Waals surface area contributed by atoms with E-state index in [2.05, 4.69) is 5.32 Å². The number of carboxylic acid groups (broad SMARTS) is 1. The van der Waals surface area contributed by atoms with E-state index in [1.165, 1.54) is 4.90 Å². The molecule has 2 fully saturated rings. The molecule has 5 atom stereocenters. The van der Waals surface area contributed by atoms with Crippen molar-refractivity contribution in [1.82, 2.24) is 15.2 Å². The van der Waals surface area contributed by atoms with Gasteiger partial charge in [0.2, 0.25) is 17.7 Å². The summed E-state index contributed by atoms with van der Waals surface area (Å²) in [5.41, 5.74) is 6.50. The predicted octanol–water partition coefficient (Wildman–Crippen LogP) is 5.29. The summed E-state index contributed by atoms with van der Waals surface area (Å²) in [6, 6.07) is 3.48. The fourth-order valence-corrected chi connectivity index (χ4v) is 6.23. The number of pyridine rings is 1. The molecule has 1 saturated heterocycles. The van der Waals surface area contributed by atoms with Crippen LogP contribution in [-0.2, 0) is 19.1 Å². The van der Waals surface area contributed by atoms with Gasteiger partial charge in [-0.05, 0) is 85.3 Å². The van der Waals surface area contributed by atoms with Gasteiger partial charge in [0, 0.05) is 23.4 Å². The van der Waals surface area contributed by atoms with E-state index in [1.807, 2.05) is 45.1 Å². The number of alkyl carbamates (subject to hydrolysis) is 1. The number of benzene rings is 1. The maximum atomic E-state index is 14.1. The van der Waals surface area contributed by atoms with Crippen LogP contribution in [0, 0.1) is 18.8 Å². The van der Waals surface area contributed by atoms with Gasteiger partial charge in [-0.15, -0.1) is 0 Å². The molecule has 1 aliphatic heterocycles. The highest BCUT2D eigenvalue weighted by molar-refractivity contribution is 5.92. The smallest absolute Gasteiger partial charge is 0.408 e. The summed E-state index contributed by atoms with van der Waals surface area (Å²) in [4.78, 5) is 56.8. The van der Waals surface area contributed by atoms with Crippen LogP contribution >= 0.6 is 0 Å². The maximum absolute atomic E-state index is 14.1. The molecule has 2 heterocycles. The summed E-state index contributed by atoms with van der Waals surface area (Å²) in [7, 11) is 1.59. The van der Waals surface area contributed by atoms with E-state index in [4.69, 9.17) is 34.8 Å². The molecule has 13 nitrogen and oxygen atoms in total. The fourth-order valence-electron chi connectivity index (χ4n) is 6.23. The molecule has 0 radical (unpaired) electrons. The highest BCUT2D eigenvalue weighted by Gasteiger charge is 2.43. The topological polar surface area (TPSA) is 180 Å². The van der Waals surface area contributed by atoms with Crippen LogP contribution in [-0.4, -0.2) is 82.4 Å². The van der Waals surface area contributed by atoms with Gasteiger partial charge in [0.1, 0.15) is 35.3 Å². The first-order valence-corrected chi connectivity index (χ1v) is 17.4. The Hall–Kier alpha value is -4.55. The number of carboxylic acids is 1. The fraction of sp³-hybridized carbons (Fsp3) is 0.595. The minimum absolute atomic E-state index is 0.0710. The molecule has 3 amide bonds. The molecule has 50 heavy (non-hydrogen) atoms. The van der Waals surface area contributed by atoms with E-state index in [9.17, 15) is 19.2 Å². The van der Waals surface area contributed by atoms with Crippen molar-refractivity contribution in [2.75, 3.05) is 13.7 Å². The Morgan fingerprint density at radius 2 is 1.86 bits per heavy atom. The van der Waals surface area contributed by atoms with Crippen molar-refractivity contribution in [3.05, 3.63) is 35.9 Å². The van der Waals surface area contributed by atoms with Gasteiger partial charge in [-0.3, -0.25) is 14.4 Å². The Bertz CT molecular complexity index is 1580. The summed E-state index contributed by atoms with van der Waals surface area (Å²) in [5.74, 6) is -0.516. The van der Waals surface area contributed by atoms with Crippen molar-refractivity contribution in [1.29, 1.82) is 0 Å². The molecule has 0 bridgehead atoms. The first-order chi connectivity index (χ1) is 23.6. The van der Waals surface area contributed by atoms with Gasteiger partial charge in [-0.2, -0.15) is 0 Å².